The van der Waals surface area contributed by atoms with Gasteiger partial charge < -0.3 is 0 Å². The van der Waals surface area contributed by atoms with Crippen LogP contribution in [0.3, 0.4) is 0 Å². The lowest BCUT2D eigenvalue weighted by Gasteiger charge is -2.12. The van der Waals surface area contributed by atoms with Crippen LogP contribution in [0.4, 0.5) is 13.2 Å². The first-order chi connectivity index (χ1) is 13.5. The second-order valence-electron chi connectivity index (χ2n) is 6.05. The van der Waals surface area contributed by atoms with Gasteiger partial charge in [-0.1, -0.05) is 46.9 Å². The average Bonchev–Trinajstić information content (AvgIpc) is 3.09. The molecule has 0 radical (unpaired) electrons. The van der Waals surface area contributed by atoms with Crippen molar-refractivity contribution < 1.29 is 13.2 Å². The second kappa shape index (κ2) is 8.71. The van der Waals surface area contributed by atoms with Gasteiger partial charge in [0.2, 0.25) is 0 Å². The van der Waals surface area contributed by atoms with Crippen molar-refractivity contribution in [3.8, 4) is 17.2 Å². The zero-order chi connectivity index (χ0) is 21.2. The molecule has 0 unspecified atom stereocenters. The Morgan fingerprint density at radius 2 is 1.86 bits per heavy atom. The number of nitrogens with zero attached hydrogens (tertiary/aromatic N) is 4. The fourth-order valence-electron chi connectivity index (χ4n) is 2.43. The Labute approximate surface area is 184 Å². The summed E-state index contributed by atoms with van der Waals surface area (Å²) < 4.78 is 39.5. The molecule has 0 aliphatic carbocycles. The first-order valence-corrected chi connectivity index (χ1v) is 10.4. The minimum Gasteiger partial charge on any atom is -0.253 e. The molecule has 154 valence electrons. The molecule has 3 aromatic rings. The van der Waals surface area contributed by atoms with E-state index in [1.165, 1.54) is 18.0 Å². The molecular formula is C18H14Cl3F3N4S. The van der Waals surface area contributed by atoms with E-state index >= 15 is 0 Å². The predicted molar refractivity (Wildman–Crippen MR) is 110 cm³/mol. The number of alkyl halides is 6. The highest BCUT2D eigenvalue weighted by atomic mass is 35.6. The highest BCUT2D eigenvalue weighted by Gasteiger charge is 2.37. The molecule has 2 heterocycles. The average molecular weight is 482 g/mol. The van der Waals surface area contributed by atoms with Crippen molar-refractivity contribution >= 4 is 46.6 Å². The van der Waals surface area contributed by atoms with Crippen LogP contribution >= 0.6 is 46.6 Å². The molecule has 0 amide bonds. The molecule has 0 aliphatic heterocycles. The van der Waals surface area contributed by atoms with Gasteiger partial charge in [0.25, 0.3) is 5.82 Å². The molecule has 0 fully saturated rings. The Morgan fingerprint density at radius 3 is 2.48 bits per heavy atom. The molecule has 0 saturated heterocycles. The molecular weight excluding hydrogens is 468 g/mol. The van der Waals surface area contributed by atoms with Gasteiger partial charge in [-0.15, -0.1) is 16.9 Å². The molecule has 0 bridgehead atoms. The van der Waals surface area contributed by atoms with Gasteiger partial charge in [0.1, 0.15) is 5.69 Å². The summed E-state index contributed by atoms with van der Waals surface area (Å²) >= 11 is 18.8. The van der Waals surface area contributed by atoms with E-state index in [1.54, 1.807) is 36.4 Å². The summed E-state index contributed by atoms with van der Waals surface area (Å²) in [5.41, 5.74) is 1.65. The number of halogens is 6. The van der Waals surface area contributed by atoms with Gasteiger partial charge in [-0.25, -0.2) is 9.67 Å². The van der Waals surface area contributed by atoms with Crippen molar-refractivity contribution in [3.05, 3.63) is 54.0 Å². The molecule has 0 saturated carbocycles. The molecule has 1 aromatic carbocycles. The minimum atomic E-state index is -4.68. The monoisotopic (exact) mass is 480 g/mol. The summed E-state index contributed by atoms with van der Waals surface area (Å²) in [5.74, 6) is -0.706. The molecule has 0 N–H and O–H groups in total. The summed E-state index contributed by atoms with van der Waals surface area (Å²) in [7, 11) is 0. The fourth-order valence-corrected chi connectivity index (χ4v) is 4.17. The second-order valence-corrected chi connectivity index (χ2v) is 9.70. The lowest BCUT2D eigenvalue weighted by atomic mass is 10.2. The normalized spacial score (nSPS) is 12.4. The number of pyridine rings is 1. The van der Waals surface area contributed by atoms with Gasteiger partial charge in [0, 0.05) is 23.3 Å². The van der Waals surface area contributed by atoms with E-state index in [-0.39, 0.29) is 11.5 Å². The van der Waals surface area contributed by atoms with Crippen molar-refractivity contribution in [2.45, 2.75) is 28.2 Å². The van der Waals surface area contributed by atoms with E-state index in [4.69, 9.17) is 34.8 Å². The summed E-state index contributed by atoms with van der Waals surface area (Å²) in [4.78, 5) is 8.63. The van der Waals surface area contributed by atoms with Crippen LogP contribution in [0, 0.1) is 6.92 Å². The highest BCUT2D eigenvalue weighted by Crippen LogP contribution is 2.35. The predicted octanol–water partition coefficient (Wildman–Crippen LogP) is 6.51. The van der Waals surface area contributed by atoms with Gasteiger partial charge in [-0.05, 0) is 36.8 Å². The molecule has 4 nitrogen and oxygen atoms in total. The standard InChI is InChI=1S/C18H14Cl3F3N4S/c1-11-5-6-12(10-14(11)29-9-7-17(19,20)21)28-15(13-4-2-3-8-25-13)26-16(27-28)18(22,23)24/h2-6,8,10H,7,9H2,1H3. The van der Waals surface area contributed by atoms with Crippen LogP contribution in [0.5, 0.6) is 0 Å². The number of aromatic nitrogens is 4. The summed E-state index contributed by atoms with van der Waals surface area (Å²) in [6.07, 6.45) is -2.87. The SMILES string of the molecule is Cc1ccc(-n2nc(C(F)(F)F)nc2-c2ccccn2)cc1SCCC(Cl)(Cl)Cl. The van der Waals surface area contributed by atoms with Gasteiger partial charge in [0.15, 0.2) is 9.62 Å². The van der Waals surface area contributed by atoms with E-state index < -0.39 is 15.8 Å². The van der Waals surface area contributed by atoms with Crippen LogP contribution in [0.15, 0.2) is 47.5 Å². The van der Waals surface area contributed by atoms with Crippen LogP contribution in [0.1, 0.15) is 17.8 Å². The minimum absolute atomic E-state index is 0.000908. The Balaban J connectivity index is 2.01. The lowest BCUT2D eigenvalue weighted by Crippen LogP contribution is -2.08. The van der Waals surface area contributed by atoms with E-state index in [0.29, 0.717) is 17.9 Å². The third-order valence-corrected chi connectivity index (χ3v) is 5.54. The topological polar surface area (TPSA) is 43.6 Å². The maximum Gasteiger partial charge on any atom is 0.453 e. The largest absolute Gasteiger partial charge is 0.453 e. The van der Waals surface area contributed by atoms with Crippen molar-refractivity contribution in [1.82, 2.24) is 19.7 Å². The third-order valence-electron chi connectivity index (χ3n) is 3.81. The van der Waals surface area contributed by atoms with E-state index in [2.05, 4.69) is 15.1 Å². The molecule has 0 aliphatic rings. The maximum atomic E-state index is 13.2. The zero-order valence-electron chi connectivity index (χ0n) is 14.9. The number of benzene rings is 1. The summed E-state index contributed by atoms with van der Waals surface area (Å²) in [6, 6.07) is 10.1. The van der Waals surface area contributed by atoms with Gasteiger partial charge in [-0.2, -0.15) is 13.2 Å². The Hall–Kier alpha value is -1.48. The highest BCUT2D eigenvalue weighted by molar-refractivity contribution is 7.99. The van der Waals surface area contributed by atoms with Crippen LogP contribution in [0.2, 0.25) is 0 Å². The van der Waals surface area contributed by atoms with E-state index in [1.807, 2.05) is 6.92 Å². The molecule has 0 atom stereocenters. The van der Waals surface area contributed by atoms with Crippen LogP contribution in [0.25, 0.3) is 17.2 Å². The van der Waals surface area contributed by atoms with Crippen molar-refractivity contribution in [2.75, 3.05) is 5.75 Å². The van der Waals surface area contributed by atoms with E-state index in [9.17, 15) is 13.2 Å². The summed E-state index contributed by atoms with van der Waals surface area (Å²) in [6.45, 7) is 1.89. The summed E-state index contributed by atoms with van der Waals surface area (Å²) in [5, 5.41) is 3.69. The van der Waals surface area contributed by atoms with Gasteiger partial charge in [-0.3, -0.25) is 4.98 Å². The number of hydrogen-bond donors (Lipinski definition) is 0. The first kappa shape index (κ1) is 22.2. The zero-order valence-corrected chi connectivity index (χ0v) is 18.0. The quantitative estimate of drug-likeness (QED) is 0.308. The number of rotatable bonds is 5. The Bertz CT molecular complexity index is 988. The van der Waals surface area contributed by atoms with Crippen LogP contribution in [-0.2, 0) is 6.18 Å². The van der Waals surface area contributed by atoms with Crippen molar-refractivity contribution in [2.24, 2.45) is 0 Å². The smallest absolute Gasteiger partial charge is 0.253 e. The molecule has 11 heteroatoms. The number of thioether (sulfide) groups is 1. The lowest BCUT2D eigenvalue weighted by molar-refractivity contribution is -0.144. The number of hydrogen-bond acceptors (Lipinski definition) is 4. The Morgan fingerprint density at radius 1 is 1.10 bits per heavy atom. The number of aryl methyl sites for hydroxylation is 1. The first-order valence-electron chi connectivity index (χ1n) is 8.31. The molecule has 29 heavy (non-hydrogen) atoms. The van der Waals surface area contributed by atoms with Gasteiger partial charge >= 0.3 is 6.18 Å². The molecule has 2 aromatic heterocycles. The molecule has 3 rings (SSSR count). The third kappa shape index (κ3) is 5.78. The van der Waals surface area contributed by atoms with E-state index in [0.717, 1.165) is 15.1 Å². The van der Waals surface area contributed by atoms with Crippen LogP contribution in [-0.4, -0.2) is 29.3 Å². The van der Waals surface area contributed by atoms with Crippen LogP contribution < -0.4 is 0 Å². The fraction of sp³-hybridized carbons (Fsp3) is 0.278. The molecule has 0 spiro atoms. The van der Waals surface area contributed by atoms with Gasteiger partial charge in [0.05, 0.1) is 5.69 Å². The van der Waals surface area contributed by atoms with Crippen molar-refractivity contribution in [1.29, 1.82) is 0 Å². The maximum absolute atomic E-state index is 13.2. The van der Waals surface area contributed by atoms with Crippen molar-refractivity contribution in [3.63, 3.8) is 0 Å². The Kier molecular flexibility index (Phi) is 6.67.